The minimum Gasteiger partial charge on any atom is -0.497 e. The quantitative estimate of drug-likeness (QED) is 0.671. The number of methoxy groups -OCH3 is 1. The first-order valence-corrected chi connectivity index (χ1v) is 8.24. The number of hydrogen-bond donors (Lipinski definition) is 2. The number of carbonyl (C=O) groups excluding carboxylic acids is 2. The Morgan fingerprint density at radius 2 is 1.41 bits per heavy atom. The Bertz CT molecular complexity index is 942. The zero-order chi connectivity index (χ0) is 19.1. The first kappa shape index (κ1) is 18.0. The Hall–Kier alpha value is -3.80. The van der Waals surface area contributed by atoms with Crippen molar-refractivity contribution in [3.63, 3.8) is 0 Å². The molecule has 0 bridgehead atoms. The zero-order valence-electron chi connectivity index (χ0n) is 14.6. The van der Waals surface area contributed by atoms with E-state index >= 15 is 0 Å². The Kier molecular flexibility index (Phi) is 5.69. The van der Waals surface area contributed by atoms with Crippen molar-refractivity contribution in [3.05, 3.63) is 78.9 Å². The molecule has 6 heteroatoms. The minimum atomic E-state index is -0.804. The summed E-state index contributed by atoms with van der Waals surface area (Å²) in [6.07, 6.45) is 0. The second kappa shape index (κ2) is 8.53. The van der Waals surface area contributed by atoms with Crippen LogP contribution >= 0.6 is 0 Å². The lowest BCUT2D eigenvalue weighted by Crippen LogP contribution is -2.29. The number of nitrogens with one attached hydrogen (secondary N) is 2. The molecule has 0 saturated carbocycles. The van der Waals surface area contributed by atoms with Gasteiger partial charge in [0.25, 0.3) is 0 Å². The number of para-hydroxylation sites is 3. The minimum absolute atomic E-state index is 0.396. The van der Waals surface area contributed by atoms with Crippen molar-refractivity contribution in [2.45, 2.75) is 0 Å². The van der Waals surface area contributed by atoms with E-state index in [1.54, 1.807) is 60.7 Å². The van der Waals surface area contributed by atoms with Gasteiger partial charge in [-0.05, 0) is 36.4 Å². The van der Waals surface area contributed by atoms with Crippen LogP contribution in [0.5, 0.6) is 17.2 Å². The standard InChI is InChI=1S/C21H18N2O4/c1-26-17-11-7-8-15(14-17)22-20(24)21(25)23-18-12-5-6-13-19(18)27-16-9-3-2-4-10-16/h2-14H,1H3,(H,22,24)(H,23,25). The van der Waals surface area contributed by atoms with Crippen molar-refractivity contribution in [3.8, 4) is 17.2 Å². The molecular formula is C21H18N2O4. The zero-order valence-corrected chi connectivity index (χ0v) is 14.6. The Labute approximate surface area is 156 Å². The predicted molar refractivity (Wildman–Crippen MR) is 103 cm³/mol. The first-order chi connectivity index (χ1) is 13.2. The summed E-state index contributed by atoms with van der Waals surface area (Å²) in [6, 6.07) is 22.8. The van der Waals surface area contributed by atoms with Gasteiger partial charge in [0, 0.05) is 11.8 Å². The number of ether oxygens (including phenoxy) is 2. The number of carbonyl (C=O) groups is 2. The maximum absolute atomic E-state index is 12.3. The highest BCUT2D eigenvalue weighted by molar-refractivity contribution is 6.43. The van der Waals surface area contributed by atoms with Gasteiger partial charge in [0.05, 0.1) is 12.8 Å². The third-order valence-electron chi connectivity index (χ3n) is 3.64. The molecule has 0 saturated heterocycles. The molecule has 6 nitrogen and oxygen atoms in total. The van der Waals surface area contributed by atoms with Crippen LogP contribution in [0.25, 0.3) is 0 Å². The van der Waals surface area contributed by atoms with Crippen LogP contribution in [0.1, 0.15) is 0 Å². The number of anilines is 2. The Morgan fingerprint density at radius 1 is 0.741 bits per heavy atom. The SMILES string of the molecule is COc1cccc(NC(=O)C(=O)Nc2ccccc2Oc2ccccc2)c1. The van der Waals surface area contributed by atoms with E-state index in [0.717, 1.165) is 0 Å². The molecule has 2 N–H and O–H groups in total. The topological polar surface area (TPSA) is 76.7 Å². The highest BCUT2D eigenvalue weighted by atomic mass is 16.5. The van der Waals surface area contributed by atoms with E-state index in [1.165, 1.54) is 7.11 Å². The molecule has 0 aliphatic rings. The van der Waals surface area contributed by atoms with Gasteiger partial charge in [-0.2, -0.15) is 0 Å². The van der Waals surface area contributed by atoms with Crippen LogP contribution < -0.4 is 20.1 Å². The largest absolute Gasteiger partial charge is 0.497 e. The van der Waals surface area contributed by atoms with Crippen LogP contribution in [0.4, 0.5) is 11.4 Å². The Balaban J connectivity index is 1.69. The molecule has 0 aliphatic carbocycles. The van der Waals surface area contributed by atoms with Crippen LogP contribution in [-0.4, -0.2) is 18.9 Å². The summed E-state index contributed by atoms with van der Waals surface area (Å²) in [6.45, 7) is 0. The van der Waals surface area contributed by atoms with Gasteiger partial charge < -0.3 is 20.1 Å². The smallest absolute Gasteiger partial charge is 0.314 e. The van der Waals surface area contributed by atoms with E-state index in [1.807, 2.05) is 18.2 Å². The fourth-order valence-electron chi connectivity index (χ4n) is 2.34. The third kappa shape index (κ3) is 4.85. The van der Waals surface area contributed by atoms with Gasteiger partial charge in [0.15, 0.2) is 5.75 Å². The van der Waals surface area contributed by atoms with Crippen molar-refractivity contribution in [1.82, 2.24) is 0 Å². The van der Waals surface area contributed by atoms with E-state index in [0.29, 0.717) is 28.6 Å². The van der Waals surface area contributed by atoms with E-state index in [2.05, 4.69) is 10.6 Å². The molecular weight excluding hydrogens is 344 g/mol. The molecule has 136 valence electrons. The molecule has 27 heavy (non-hydrogen) atoms. The molecule has 0 spiro atoms. The summed E-state index contributed by atoms with van der Waals surface area (Å²) < 4.78 is 10.9. The van der Waals surface area contributed by atoms with E-state index in [9.17, 15) is 9.59 Å². The van der Waals surface area contributed by atoms with Crippen LogP contribution in [0.3, 0.4) is 0 Å². The van der Waals surface area contributed by atoms with Crippen LogP contribution in [-0.2, 0) is 9.59 Å². The van der Waals surface area contributed by atoms with Crippen molar-refractivity contribution < 1.29 is 19.1 Å². The van der Waals surface area contributed by atoms with E-state index < -0.39 is 11.8 Å². The predicted octanol–water partition coefficient (Wildman–Crippen LogP) is 4.06. The van der Waals surface area contributed by atoms with Crippen molar-refractivity contribution in [2.24, 2.45) is 0 Å². The monoisotopic (exact) mass is 362 g/mol. The number of rotatable bonds is 5. The lowest BCUT2D eigenvalue weighted by atomic mass is 10.2. The lowest BCUT2D eigenvalue weighted by Gasteiger charge is -2.12. The lowest BCUT2D eigenvalue weighted by molar-refractivity contribution is -0.133. The average Bonchev–Trinajstić information content (AvgIpc) is 2.70. The molecule has 0 heterocycles. The molecule has 3 rings (SSSR count). The molecule has 3 aromatic carbocycles. The van der Waals surface area contributed by atoms with Gasteiger partial charge in [-0.3, -0.25) is 9.59 Å². The highest BCUT2D eigenvalue weighted by Crippen LogP contribution is 2.29. The fraction of sp³-hybridized carbons (Fsp3) is 0.0476. The third-order valence-corrected chi connectivity index (χ3v) is 3.64. The maximum Gasteiger partial charge on any atom is 0.314 e. The summed E-state index contributed by atoms with van der Waals surface area (Å²) in [5, 5.41) is 5.11. The highest BCUT2D eigenvalue weighted by Gasteiger charge is 2.16. The summed E-state index contributed by atoms with van der Waals surface area (Å²) in [7, 11) is 1.53. The summed E-state index contributed by atoms with van der Waals surface area (Å²) in [4.78, 5) is 24.4. The van der Waals surface area contributed by atoms with Crippen LogP contribution in [0.2, 0.25) is 0 Å². The number of benzene rings is 3. The Morgan fingerprint density at radius 3 is 2.19 bits per heavy atom. The second-order valence-corrected chi connectivity index (χ2v) is 5.55. The molecule has 0 fully saturated rings. The second-order valence-electron chi connectivity index (χ2n) is 5.55. The molecule has 2 amide bonds. The summed E-state index contributed by atoms with van der Waals surface area (Å²) >= 11 is 0. The van der Waals surface area contributed by atoms with Gasteiger partial charge in [0.2, 0.25) is 0 Å². The van der Waals surface area contributed by atoms with Crippen molar-refractivity contribution in [2.75, 3.05) is 17.7 Å². The van der Waals surface area contributed by atoms with Gasteiger partial charge in [-0.15, -0.1) is 0 Å². The molecule has 0 atom stereocenters. The molecule has 0 aliphatic heterocycles. The maximum atomic E-state index is 12.3. The fourth-order valence-corrected chi connectivity index (χ4v) is 2.34. The molecule has 0 aromatic heterocycles. The van der Waals surface area contributed by atoms with Gasteiger partial charge in [0.1, 0.15) is 11.5 Å². The molecule has 0 unspecified atom stereocenters. The average molecular weight is 362 g/mol. The summed E-state index contributed by atoms with van der Waals surface area (Å²) in [5.41, 5.74) is 0.857. The molecule has 0 radical (unpaired) electrons. The van der Waals surface area contributed by atoms with Gasteiger partial charge >= 0.3 is 11.8 Å². The van der Waals surface area contributed by atoms with E-state index in [4.69, 9.17) is 9.47 Å². The van der Waals surface area contributed by atoms with Gasteiger partial charge in [-0.1, -0.05) is 36.4 Å². The number of hydrogen-bond acceptors (Lipinski definition) is 4. The summed E-state index contributed by atoms with van der Waals surface area (Å²) in [5.74, 6) is 0.0424. The number of amides is 2. The molecule has 3 aromatic rings. The van der Waals surface area contributed by atoms with Crippen LogP contribution in [0, 0.1) is 0 Å². The normalized spacial score (nSPS) is 9.96. The van der Waals surface area contributed by atoms with Gasteiger partial charge in [-0.25, -0.2) is 0 Å². The van der Waals surface area contributed by atoms with Crippen LogP contribution in [0.15, 0.2) is 78.9 Å². The van der Waals surface area contributed by atoms with Crippen molar-refractivity contribution in [1.29, 1.82) is 0 Å². The van der Waals surface area contributed by atoms with E-state index in [-0.39, 0.29) is 0 Å². The van der Waals surface area contributed by atoms with Crippen molar-refractivity contribution >= 4 is 23.2 Å². The first-order valence-electron chi connectivity index (χ1n) is 8.24.